The molecule has 1 aromatic carbocycles. The summed E-state index contributed by atoms with van der Waals surface area (Å²) in [6, 6.07) is 11.0. The summed E-state index contributed by atoms with van der Waals surface area (Å²) in [4.78, 5) is 24.4. The fourth-order valence-electron chi connectivity index (χ4n) is 6.02. The average molecular weight is 491 g/mol. The van der Waals surface area contributed by atoms with Gasteiger partial charge >= 0.3 is 0 Å². The van der Waals surface area contributed by atoms with E-state index in [-0.39, 0.29) is 12.5 Å². The Bertz CT molecular complexity index is 1140. The van der Waals surface area contributed by atoms with E-state index in [2.05, 4.69) is 47.5 Å². The second-order valence-corrected chi connectivity index (χ2v) is 10.3. The van der Waals surface area contributed by atoms with Crippen LogP contribution in [0, 0.1) is 0 Å². The number of aromatic nitrogens is 7. The smallest absolute Gasteiger partial charge is 0.244 e. The molecule has 1 amide bonds. The maximum atomic E-state index is 13.2. The van der Waals surface area contributed by atoms with Crippen molar-refractivity contribution in [3.8, 4) is 0 Å². The van der Waals surface area contributed by atoms with Crippen LogP contribution in [0.3, 0.4) is 0 Å². The summed E-state index contributed by atoms with van der Waals surface area (Å²) < 4.78 is 3.53. The lowest BCUT2D eigenvalue weighted by atomic mass is 9.91. The van der Waals surface area contributed by atoms with Crippen LogP contribution in [0.1, 0.15) is 43.5 Å². The number of hydrogen-bond acceptors (Lipinski definition) is 8. The molecule has 1 saturated carbocycles. The molecule has 36 heavy (non-hydrogen) atoms. The van der Waals surface area contributed by atoms with Crippen molar-refractivity contribution in [2.24, 2.45) is 0 Å². The van der Waals surface area contributed by atoms with E-state index in [1.807, 2.05) is 27.8 Å². The molecule has 0 spiro atoms. The molecular weight excluding hydrogens is 456 g/mol. The number of carbonyl (C=O) groups is 1. The Kier molecular flexibility index (Phi) is 6.49. The number of likely N-dealkylation sites (tertiary alicyclic amines) is 1. The van der Waals surface area contributed by atoms with Gasteiger partial charge in [-0.05, 0) is 48.2 Å². The summed E-state index contributed by atoms with van der Waals surface area (Å²) in [5.74, 6) is 0.912. The minimum absolute atomic E-state index is 0.0513. The molecule has 2 aliphatic heterocycles. The van der Waals surface area contributed by atoms with Crippen molar-refractivity contribution in [2.75, 3.05) is 39.3 Å². The Morgan fingerprint density at radius 3 is 2.69 bits per heavy atom. The van der Waals surface area contributed by atoms with Gasteiger partial charge in [-0.25, -0.2) is 14.3 Å². The van der Waals surface area contributed by atoms with Gasteiger partial charge in [0.1, 0.15) is 24.7 Å². The first-order chi connectivity index (χ1) is 17.7. The van der Waals surface area contributed by atoms with Crippen LogP contribution in [-0.2, 0) is 23.4 Å². The van der Waals surface area contributed by atoms with Crippen molar-refractivity contribution in [3.05, 3.63) is 54.4 Å². The summed E-state index contributed by atoms with van der Waals surface area (Å²) >= 11 is 0. The van der Waals surface area contributed by atoms with Gasteiger partial charge in [-0.3, -0.25) is 14.6 Å². The van der Waals surface area contributed by atoms with Crippen LogP contribution in [0.25, 0.3) is 0 Å². The lowest BCUT2D eigenvalue weighted by molar-refractivity contribution is -0.131. The summed E-state index contributed by atoms with van der Waals surface area (Å²) in [7, 11) is 0. The molecular formula is C25H34N10O. The van der Waals surface area contributed by atoms with Crippen molar-refractivity contribution in [1.29, 1.82) is 0 Å². The maximum absolute atomic E-state index is 13.2. The number of nitrogens with zero attached hydrogens (tertiary/aromatic N) is 10. The summed E-state index contributed by atoms with van der Waals surface area (Å²) in [5, 5.41) is 17.3. The van der Waals surface area contributed by atoms with Gasteiger partial charge in [0.25, 0.3) is 0 Å². The molecule has 0 bridgehead atoms. The number of rotatable bonds is 7. The summed E-state index contributed by atoms with van der Waals surface area (Å²) in [6.07, 6.45) is 8.98. The number of benzene rings is 1. The number of amides is 1. The Hall–Kier alpha value is -3.18. The van der Waals surface area contributed by atoms with Gasteiger partial charge in [-0.1, -0.05) is 36.8 Å². The third-order valence-corrected chi connectivity index (χ3v) is 8.21. The SMILES string of the molecule is O=C(Cn1cncn1)N1CCC(c2nnnn2Cc2ccccc2)(N2CCCN(C3CCC3)CC2)C1. The molecule has 190 valence electrons. The highest BCUT2D eigenvalue weighted by atomic mass is 16.2. The zero-order valence-corrected chi connectivity index (χ0v) is 20.7. The molecule has 2 aromatic heterocycles. The van der Waals surface area contributed by atoms with Crippen LogP contribution in [0.4, 0.5) is 0 Å². The highest BCUT2D eigenvalue weighted by Gasteiger charge is 2.50. The van der Waals surface area contributed by atoms with Crippen molar-refractivity contribution in [3.63, 3.8) is 0 Å². The molecule has 1 unspecified atom stereocenters. The van der Waals surface area contributed by atoms with Crippen molar-refractivity contribution < 1.29 is 4.79 Å². The summed E-state index contributed by atoms with van der Waals surface area (Å²) in [6.45, 7) is 6.20. The Morgan fingerprint density at radius 2 is 1.92 bits per heavy atom. The van der Waals surface area contributed by atoms with Gasteiger partial charge in [0, 0.05) is 38.8 Å². The molecule has 0 N–H and O–H groups in total. The standard InChI is InChI=1S/C25H34N10O/c36-23(17-34-20-26-19-27-34)32-13-10-25(18-32,33-12-5-11-31(14-15-33)22-8-4-9-22)24-28-29-30-35(24)16-21-6-2-1-3-7-21/h1-3,6-7,19-20,22H,4-5,8-18H2. The van der Waals surface area contributed by atoms with E-state index in [1.165, 1.54) is 25.6 Å². The largest absolute Gasteiger partial charge is 0.339 e. The molecule has 0 radical (unpaired) electrons. The average Bonchev–Trinajstić information content (AvgIpc) is 3.59. The van der Waals surface area contributed by atoms with Gasteiger partial charge in [-0.15, -0.1) is 5.10 Å². The monoisotopic (exact) mass is 490 g/mol. The topological polar surface area (TPSA) is 101 Å². The molecule has 3 aromatic rings. The maximum Gasteiger partial charge on any atom is 0.244 e. The molecule has 11 heteroatoms. The molecule has 3 fully saturated rings. The zero-order chi connectivity index (χ0) is 24.4. The van der Waals surface area contributed by atoms with Gasteiger partial charge in [0.2, 0.25) is 5.91 Å². The summed E-state index contributed by atoms with van der Waals surface area (Å²) in [5.41, 5.74) is 0.747. The third kappa shape index (κ3) is 4.53. The van der Waals surface area contributed by atoms with Crippen molar-refractivity contribution >= 4 is 5.91 Å². The van der Waals surface area contributed by atoms with Crippen LogP contribution in [-0.4, -0.2) is 101 Å². The van der Waals surface area contributed by atoms with E-state index in [9.17, 15) is 4.79 Å². The predicted molar refractivity (Wildman–Crippen MR) is 132 cm³/mol. The van der Waals surface area contributed by atoms with E-state index in [0.717, 1.165) is 56.5 Å². The van der Waals surface area contributed by atoms with E-state index in [4.69, 9.17) is 0 Å². The number of carbonyl (C=O) groups excluding carboxylic acids is 1. The second-order valence-electron chi connectivity index (χ2n) is 10.3. The van der Waals surface area contributed by atoms with Crippen LogP contribution in [0.5, 0.6) is 0 Å². The highest BCUT2D eigenvalue weighted by molar-refractivity contribution is 5.76. The van der Waals surface area contributed by atoms with Crippen molar-refractivity contribution in [1.82, 2.24) is 49.7 Å². The molecule has 11 nitrogen and oxygen atoms in total. The van der Waals surface area contributed by atoms with Gasteiger partial charge in [-0.2, -0.15) is 5.10 Å². The first kappa shape index (κ1) is 23.2. The van der Waals surface area contributed by atoms with Crippen LogP contribution in [0.15, 0.2) is 43.0 Å². The van der Waals surface area contributed by atoms with Gasteiger partial charge < -0.3 is 4.90 Å². The number of tetrazole rings is 1. The predicted octanol–water partition coefficient (Wildman–Crippen LogP) is 1.00. The fraction of sp³-hybridized carbons (Fsp3) is 0.600. The van der Waals surface area contributed by atoms with Crippen LogP contribution in [0.2, 0.25) is 0 Å². The fourth-order valence-corrected chi connectivity index (χ4v) is 6.02. The quantitative estimate of drug-likeness (QED) is 0.484. The lowest BCUT2D eigenvalue weighted by Gasteiger charge is -2.40. The Balaban J connectivity index is 1.28. The van der Waals surface area contributed by atoms with Gasteiger partial charge in [0.15, 0.2) is 5.82 Å². The minimum atomic E-state index is -0.411. The molecule has 6 rings (SSSR count). The van der Waals surface area contributed by atoms with Gasteiger partial charge in [0.05, 0.1) is 6.54 Å². The molecule has 3 aliphatic rings. The molecule has 1 atom stereocenters. The zero-order valence-electron chi connectivity index (χ0n) is 20.7. The second kappa shape index (κ2) is 10.1. The van der Waals surface area contributed by atoms with E-state index in [0.29, 0.717) is 19.6 Å². The lowest BCUT2D eigenvalue weighted by Crippen LogP contribution is -2.52. The first-order valence-electron chi connectivity index (χ1n) is 13.1. The minimum Gasteiger partial charge on any atom is -0.339 e. The van der Waals surface area contributed by atoms with Crippen LogP contribution < -0.4 is 0 Å². The third-order valence-electron chi connectivity index (χ3n) is 8.21. The van der Waals surface area contributed by atoms with E-state index < -0.39 is 5.54 Å². The Morgan fingerprint density at radius 1 is 1.03 bits per heavy atom. The molecule has 4 heterocycles. The molecule has 2 saturated heterocycles. The van der Waals surface area contributed by atoms with Crippen molar-refractivity contribution in [2.45, 2.75) is 56.8 Å². The first-order valence-corrected chi connectivity index (χ1v) is 13.1. The molecule has 1 aliphatic carbocycles. The van der Waals surface area contributed by atoms with E-state index >= 15 is 0 Å². The van der Waals surface area contributed by atoms with Crippen LogP contribution >= 0.6 is 0 Å². The number of hydrogen-bond donors (Lipinski definition) is 0. The normalized spacial score (nSPS) is 24.1. The highest BCUT2D eigenvalue weighted by Crippen LogP contribution is 2.38. The van der Waals surface area contributed by atoms with E-state index in [1.54, 1.807) is 11.0 Å². The Labute approximate surface area is 211 Å².